The van der Waals surface area contributed by atoms with E-state index in [1.165, 1.54) is 40.7 Å². The molecule has 0 aromatic heterocycles. The van der Waals surface area contributed by atoms with Crippen molar-refractivity contribution in [3.8, 4) is 0 Å². The third kappa shape index (κ3) is 4.37. The lowest BCUT2D eigenvalue weighted by Crippen LogP contribution is -2.27. The van der Waals surface area contributed by atoms with Gasteiger partial charge in [0.1, 0.15) is 0 Å². The lowest BCUT2D eigenvalue weighted by Gasteiger charge is -2.16. The molecule has 0 spiro atoms. The van der Waals surface area contributed by atoms with Gasteiger partial charge < -0.3 is 5.32 Å². The topological polar surface area (TPSA) is 101 Å². The van der Waals surface area contributed by atoms with Crippen LogP contribution in [0.1, 0.15) is 23.2 Å². The molecule has 1 amide bonds. The van der Waals surface area contributed by atoms with Crippen LogP contribution in [0.2, 0.25) is 0 Å². The molecular weight excluding hydrogens is 388 g/mol. The predicted molar refractivity (Wildman–Crippen MR) is 102 cm³/mol. The minimum absolute atomic E-state index is 0.0421. The van der Waals surface area contributed by atoms with Crippen molar-refractivity contribution in [2.75, 3.05) is 24.7 Å². The van der Waals surface area contributed by atoms with E-state index in [1.807, 2.05) is 0 Å². The number of sulfonamides is 1. The summed E-state index contributed by atoms with van der Waals surface area (Å²) in [4.78, 5) is 12.6. The minimum atomic E-state index is -3.58. The number of amides is 1. The summed E-state index contributed by atoms with van der Waals surface area (Å²) in [7, 11) is -7.02. The second kappa shape index (κ2) is 7.41. The van der Waals surface area contributed by atoms with Crippen molar-refractivity contribution in [2.24, 2.45) is 0 Å². The summed E-state index contributed by atoms with van der Waals surface area (Å²) in [6.07, 6.45) is 2.75. The Bertz CT molecular complexity index is 1070. The van der Waals surface area contributed by atoms with Gasteiger partial charge in [-0.3, -0.25) is 4.79 Å². The lowest BCUT2D eigenvalue weighted by molar-refractivity contribution is 0.102. The molecule has 9 heteroatoms. The summed E-state index contributed by atoms with van der Waals surface area (Å²) in [6.45, 7) is 0.994. The molecule has 1 aliphatic rings. The van der Waals surface area contributed by atoms with Gasteiger partial charge in [-0.2, -0.15) is 4.31 Å². The van der Waals surface area contributed by atoms with Gasteiger partial charge in [-0.05, 0) is 49.2 Å². The SMILES string of the molecule is CS(=O)(=O)c1cccc(C(=O)Nc2cccc(S(=O)(=O)N3CCCC3)c2)c1. The molecule has 0 radical (unpaired) electrons. The highest BCUT2D eigenvalue weighted by Gasteiger charge is 2.27. The Balaban J connectivity index is 1.83. The number of benzene rings is 2. The summed E-state index contributed by atoms with van der Waals surface area (Å²) in [6, 6.07) is 11.7. The first-order valence-corrected chi connectivity index (χ1v) is 11.7. The molecule has 0 bridgehead atoms. The zero-order valence-corrected chi connectivity index (χ0v) is 16.4. The molecule has 2 aromatic carbocycles. The normalized spacial score (nSPS) is 15.6. The number of sulfone groups is 1. The fourth-order valence-electron chi connectivity index (χ4n) is 2.88. The summed E-state index contributed by atoms with van der Waals surface area (Å²) < 4.78 is 50.0. The maximum absolute atomic E-state index is 12.6. The van der Waals surface area contributed by atoms with Crippen LogP contribution < -0.4 is 5.32 Å². The number of carbonyl (C=O) groups is 1. The Morgan fingerprint density at radius 2 is 1.56 bits per heavy atom. The molecule has 0 saturated carbocycles. The Hall–Kier alpha value is -2.23. The van der Waals surface area contributed by atoms with Gasteiger partial charge in [0.05, 0.1) is 9.79 Å². The van der Waals surface area contributed by atoms with E-state index in [2.05, 4.69) is 5.32 Å². The number of nitrogens with one attached hydrogen (secondary N) is 1. The number of anilines is 1. The van der Waals surface area contributed by atoms with E-state index in [9.17, 15) is 21.6 Å². The Morgan fingerprint density at radius 1 is 0.926 bits per heavy atom. The van der Waals surface area contributed by atoms with Gasteiger partial charge in [0.25, 0.3) is 5.91 Å². The van der Waals surface area contributed by atoms with Crippen molar-refractivity contribution >= 4 is 31.5 Å². The van der Waals surface area contributed by atoms with Crippen LogP contribution >= 0.6 is 0 Å². The first-order chi connectivity index (χ1) is 12.7. The summed E-state index contributed by atoms with van der Waals surface area (Å²) in [5, 5.41) is 2.62. The van der Waals surface area contributed by atoms with Gasteiger partial charge in [-0.1, -0.05) is 12.1 Å². The molecule has 144 valence electrons. The molecular formula is C18H20N2O5S2. The van der Waals surface area contributed by atoms with Gasteiger partial charge in [0.15, 0.2) is 9.84 Å². The summed E-state index contributed by atoms with van der Waals surface area (Å²) >= 11 is 0. The van der Waals surface area contributed by atoms with Gasteiger partial charge in [0.2, 0.25) is 10.0 Å². The highest BCUT2D eigenvalue weighted by atomic mass is 32.2. The van der Waals surface area contributed by atoms with Crippen molar-refractivity contribution in [1.29, 1.82) is 0 Å². The molecule has 0 aliphatic carbocycles. The van der Waals surface area contributed by atoms with Crippen molar-refractivity contribution in [2.45, 2.75) is 22.6 Å². The Morgan fingerprint density at radius 3 is 2.22 bits per heavy atom. The first kappa shape index (κ1) is 19.5. The molecule has 7 nitrogen and oxygen atoms in total. The quantitative estimate of drug-likeness (QED) is 0.817. The fourth-order valence-corrected chi connectivity index (χ4v) is 5.11. The van der Waals surface area contributed by atoms with Gasteiger partial charge >= 0.3 is 0 Å². The van der Waals surface area contributed by atoms with Crippen molar-refractivity contribution in [1.82, 2.24) is 4.31 Å². The molecule has 0 unspecified atom stereocenters. The third-order valence-electron chi connectivity index (χ3n) is 4.32. The van der Waals surface area contributed by atoms with Crippen LogP contribution in [-0.2, 0) is 19.9 Å². The van der Waals surface area contributed by atoms with E-state index in [4.69, 9.17) is 0 Å². The van der Waals surface area contributed by atoms with Crippen LogP contribution in [0.15, 0.2) is 58.3 Å². The number of rotatable bonds is 5. The second-order valence-electron chi connectivity index (χ2n) is 6.39. The van der Waals surface area contributed by atoms with Gasteiger partial charge in [-0.25, -0.2) is 16.8 Å². The molecule has 27 heavy (non-hydrogen) atoms. The van der Waals surface area contributed by atoms with E-state index in [0.717, 1.165) is 19.1 Å². The zero-order valence-electron chi connectivity index (χ0n) is 14.8. The molecule has 2 aromatic rings. The number of hydrogen-bond donors (Lipinski definition) is 1. The maximum Gasteiger partial charge on any atom is 0.255 e. The highest BCUT2D eigenvalue weighted by molar-refractivity contribution is 7.90. The van der Waals surface area contributed by atoms with Crippen LogP contribution in [-0.4, -0.2) is 46.4 Å². The second-order valence-corrected chi connectivity index (χ2v) is 10.3. The van der Waals surface area contributed by atoms with Crippen LogP contribution in [0.4, 0.5) is 5.69 Å². The van der Waals surface area contributed by atoms with Crippen LogP contribution in [0.25, 0.3) is 0 Å². The average Bonchev–Trinajstić information content (AvgIpc) is 3.17. The highest BCUT2D eigenvalue weighted by Crippen LogP contribution is 2.23. The molecule has 1 N–H and O–H groups in total. The van der Waals surface area contributed by atoms with Crippen molar-refractivity contribution in [3.05, 3.63) is 54.1 Å². The molecule has 1 aliphatic heterocycles. The molecule has 1 saturated heterocycles. The summed E-state index contributed by atoms with van der Waals surface area (Å²) in [5.41, 5.74) is 0.496. The largest absolute Gasteiger partial charge is 0.322 e. The van der Waals surface area contributed by atoms with Crippen LogP contribution in [0.3, 0.4) is 0 Å². The lowest BCUT2D eigenvalue weighted by atomic mass is 10.2. The minimum Gasteiger partial charge on any atom is -0.322 e. The smallest absolute Gasteiger partial charge is 0.255 e. The van der Waals surface area contributed by atoms with E-state index in [-0.39, 0.29) is 15.4 Å². The van der Waals surface area contributed by atoms with E-state index in [0.29, 0.717) is 18.8 Å². The standard InChI is InChI=1S/C18H20N2O5S2/c1-26(22,23)16-8-4-6-14(12-16)18(21)19-15-7-5-9-17(13-15)27(24,25)20-10-2-3-11-20/h4-9,12-13H,2-3,10-11H2,1H3,(H,19,21). The maximum atomic E-state index is 12.6. The first-order valence-electron chi connectivity index (χ1n) is 8.40. The number of hydrogen-bond acceptors (Lipinski definition) is 5. The van der Waals surface area contributed by atoms with E-state index >= 15 is 0 Å². The molecule has 1 heterocycles. The van der Waals surface area contributed by atoms with Crippen molar-refractivity contribution in [3.63, 3.8) is 0 Å². The van der Waals surface area contributed by atoms with Crippen molar-refractivity contribution < 1.29 is 21.6 Å². The Labute approximate surface area is 159 Å². The Kier molecular flexibility index (Phi) is 5.36. The van der Waals surface area contributed by atoms with Gasteiger partial charge in [0, 0.05) is 30.6 Å². The summed E-state index contributed by atoms with van der Waals surface area (Å²) in [5.74, 6) is -0.517. The molecule has 3 rings (SSSR count). The third-order valence-corrected chi connectivity index (χ3v) is 7.32. The predicted octanol–water partition coefficient (Wildman–Crippen LogP) is 2.13. The van der Waals surface area contributed by atoms with Gasteiger partial charge in [-0.15, -0.1) is 0 Å². The van der Waals surface area contributed by atoms with E-state index in [1.54, 1.807) is 12.1 Å². The van der Waals surface area contributed by atoms with Crippen LogP contribution in [0.5, 0.6) is 0 Å². The fraction of sp³-hybridized carbons (Fsp3) is 0.278. The molecule has 0 atom stereocenters. The zero-order chi connectivity index (χ0) is 19.7. The van der Waals surface area contributed by atoms with E-state index < -0.39 is 25.8 Å². The molecule has 1 fully saturated rings. The number of nitrogens with zero attached hydrogens (tertiary/aromatic N) is 1. The average molecular weight is 409 g/mol. The van der Waals surface area contributed by atoms with Crippen LogP contribution in [0, 0.1) is 0 Å². The number of carbonyl (C=O) groups excluding carboxylic acids is 1. The monoisotopic (exact) mass is 408 g/mol.